The van der Waals surface area contributed by atoms with Gasteiger partial charge in [-0.1, -0.05) is 6.08 Å². The SMILES string of the molecule is C=CCCCN(C)C(=O)c1ccco1. The fourth-order valence-corrected chi connectivity index (χ4v) is 1.16. The number of rotatable bonds is 5. The largest absolute Gasteiger partial charge is 0.459 e. The number of unbranched alkanes of at least 4 members (excludes halogenated alkanes) is 1. The number of amides is 1. The normalized spacial score (nSPS) is 9.79. The lowest BCUT2D eigenvalue weighted by Gasteiger charge is -2.14. The summed E-state index contributed by atoms with van der Waals surface area (Å²) in [6.07, 6.45) is 5.22. The van der Waals surface area contributed by atoms with E-state index in [9.17, 15) is 4.79 Å². The Kier molecular flexibility index (Phi) is 3.98. The van der Waals surface area contributed by atoms with E-state index >= 15 is 0 Å². The molecule has 0 bridgehead atoms. The molecule has 0 spiro atoms. The van der Waals surface area contributed by atoms with E-state index in [1.54, 1.807) is 24.1 Å². The van der Waals surface area contributed by atoms with Crippen LogP contribution in [0.3, 0.4) is 0 Å². The molecule has 0 aliphatic carbocycles. The van der Waals surface area contributed by atoms with Crippen molar-refractivity contribution in [3.63, 3.8) is 0 Å². The molecule has 0 atom stereocenters. The molecule has 1 aromatic rings. The summed E-state index contributed by atoms with van der Waals surface area (Å²) < 4.78 is 5.01. The molecule has 1 amide bonds. The zero-order valence-corrected chi connectivity index (χ0v) is 8.40. The monoisotopic (exact) mass is 193 g/mol. The van der Waals surface area contributed by atoms with E-state index in [-0.39, 0.29) is 5.91 Å². The summed E-state index contributed by atoms with van der Waals surface area (Å²) in [5.41, 5.74) is 0. The molecule has 3 heteroatoms. The Labute approximate surface area is 84.0 Å². The first kappa shape index (κ1) is 10.6. The van der Waals surface area contributed by atoms with E-state index < -0.39 is 0 Å². The van der Waals surface area contributed by atoms with E-state index in [2.05, 4.69) is 6.58 Å². The molecule has 0 unspecified atom stereocenters. The van der Waals surface area contributed by atoms with E-state index in [4.69, 9.17) is 4.42 Å². The van der Waals surface area contributed by atoms with Crippen molar-refractivity contribution in [1.29, 1.82) is 0 Å². The third kappa shape index (κ3) is 2.76. The van der Waals surface area contributed by atoms with Crippen LogP contribution in [0.2, 0.25) is 0 Å². The maximum absolute atomic E-state index is 11.6. The fraction of sp³-hybridized carbons (Fsp3) is 0.364. The van der Waals surface area contributed by atoms with Crippen LogP contribution in [0.1, 0.15) is 23.4 Å². The average Bonchev–Trinajstić information content (AvgIpc) is 2.69. The zero-order chi connectivity index (χ0) is 10.4. The Morgan fingerprint density at radius 2 is 2.50 bits per heavy atom. The molecule has 0 N–H and O–H groups in total. The van der Waals surface area contributed by atoms with Crippen LogP contribution in [-0.2, 0) is 0 Å². The van der Waals surface area contributed by atoms with Crippen LogP contribution in [0, 0.1) is 0 Å². The first-order valence-corrected chi connectivity index (χ1v) is 4.65. The van der Waals surface area contributed by atoms with Gasteiger partial charge in [0.15, 0.2) is 5.76 Å². The predicted octanol–water partition coefficient (Wildman–Crippen LogP) is 2.32. The highest BCUT2D eigenvalue weighted by atomic mass is 16.3. The van der Waals surface area contributed by atoms with Gasteiger partial charge in [0, 0.05) is 13.6 Å². The molecule has 1 aromatic heterocycles. The Morgan fingerprint density at radius 1 is 1.71 bits per heavy atom. The number of nitrogens with zero attached hydrogens (tertiary/aromatic N) is 1. The minimum atomic E-state index is -0.0703. The molecule has 1 heterocycles. The molecule has 3 nitrogen and oxygen atoms in total. The second-order valence-electron chi connectivity index (χ2n) is 3.13. The number of carbonyl (C=O) groups excluding carboxylic acids is 1. The first-order valence-electron chi connectivity index (χ1n) is 4.65. The number of hydrogen-bond acceptors (Lipinski definition) is 2. The molecule has 1 rings (SSSR count). The summed E-state index contributed by atoms with van der Waals surface area (Å²) in [5, 5.41) is 0. The zero-order valence-electron chi connectivity index (χ0n) is 8.40. The van der Waals surface area contributed by atoms with Gasteiger partial charge in [0.25, 0.3) is 5.91 Å². The number of furan rings is 1. The predicted molar refractivity (Wildman–Crippen MR) is 55.1 cm³/mol. The number of carbonyl (C=O) groups is 1. The van der Waals surface area contributed by atoms with Crippen molar-refractivity contribution < 1.29 is 9.21 Å². The van der Waals surface area contributed by atoms with Crippen molar-refractivity contribution >= 4 is 5.91 Å². The smallest absolute Gasteiger partial charge is 0.289 e. The summed E-state index contributed by atoms with van der Waals surface area (Å²) >= 11 is 0. The maximum atomic E-state index is 11.6. The first-order chi connectivity index (χ1) is 6.75. The van der Waals surface area contributed by atoms with Crippen LogP contribution in [0.15, 0.2) is 35.5 Å². The highest BCUT2D eigenvalue weighted by molar-refractivity contribution is 5.91. The molecule has 0 radical (unpaired) electrons. The third-order valence-electron chi connectivity index (χ3n) is 1.98. The highest BCUT2D eigenvalue weighted by Crippen LogP contribution is 2.05. The van der Waals surface area contributed by atoms with Crippen molar-refractivity contribution in [3.8, 4) is 0 Å². The van der Waals surface area contributed by atoms with Gasteiger partial charge in [0.05, 0.1) is 6.26 Å². The molecular formula is C11H15NO2. The summed E-state index contributed by atoms with van der Waals surface area (Å²) in [6, 6.07) is 3.39. The van der Waals surface area contributed by atoms with Gasteiger partial charge >= 0.3 is 0 Å². The quantitative estimate of drug-likeness (QED) is 0.531. The van der Waals surface area contributed by atoms with Crippen LogP contribution in [-0.4, -0.2) is 24.4 Å². The van der Waals surface area contributed by atoms with E-state index in [1.165, 1.54) is 6.26 Å². The molecule has 14 heavy (non-hydrogen) atoms. The summed E-state index contributed by atoms with van der Waals surface area (Å²) in [7, 11) is 1.77. The van der Waals surface area contributed by atoms with Gasteiger partial charge < -0.3 is 9.32 Å². The van der Waals surface area contributed by atoms with E-state index in [0.29, 0.717) is 5.76 Å². The standard InChI is InChI=1S/C11H15NO2/c1-3-4-5-8-12(2)11(13)10-7-6-9-14-10/h3,6-7,9H,1,4-5,8H2,2H3. The van der Waals surface area contributed by atoms with E-state index in [0.717, 1.165) is 19.4 Å². The topological polar surface area (TPSA) is 33.5 Å². The maximum Gasteiger partial charge on any atom is 0.289 e. The Morgan fingerprint density at radius 3 is 3.07 bits per heavy atom. The van der Waals surface area contributed by atoms with Crippen LogP contribution in [0.5, 0.6) is 0 Å². The van der Waals surface area contributed by atoms with Crippen molar-refractivity contribution in [3.05, 3.63) is 36.8 Å². The molecule has 0 saturated carbocycles. The van der Waals surface area contributed by atoms with Crippen LogP contribution >= 0.6 is 0 Å². The molecule has 0 aliphatic heterocycles. The lowest BCUT2D eigenvalue weighted by atomic mass is 10.3. The third-order valence-corrected chi connectivity index (χ3v) is 1.98. The Hall–Kier alpha value is -1.51. The summed E-state index contributed by atoms with van der Waals surface area (Å²) in [4.78, 5) is 13.3. The second-order valence-corrected chi connectivity index (χ2v) is 3.13. The molecule has 0 aliphatic rings. The molecule has 76 valence electrons. The van der Waals surface area contributed by atoms with Crippen molar-refractivity contribution in [2.45, 2.75) is 12.8 Å². The van der Waals surface area contributed by atoms with Crippen LogP contribution < -0.4 is 0 Å². The van der Waals surface area contributed by atoms with E-state index in [1.807, 2.05) is 6.08 Å². The molecule has 0 saturated heterocycles. The van der Waals surface area contributed by atoms with Gasteiger partial charge in [0.2, 0.25) is 0 Å². The fourth-order valence-electron chi connectivity index (χ4n) is 1.16. The van der Waals surface area contributed by atoms with Crippen molar-refractivity contribution in [2.24, 2.45) is 0 Å². The molecular weight excluding hydrogens is 178 g/mol. The van der Waals surface area contributed by atoms with Crippen LogP contribution in [0.4, 0.5) is 0 Å². The summed E-state index contributed by atoms with van der Waals surface area (Å²) in [6.45, 7) is 4.36. The average molecular weight is 193 g/mol. The molecule has 0 fully saturated rings. The highest BCUT2D eigenvalue weighted by Gasteiger charge is 2.12. The van der Waals surface area contributed by atoms with Crippen molar-refractivity contribution in [1.82, 2.24) is 4.90 Å². The minimum Gasteiger partial charge on any atom is -0.459 e. The lowest BCUT2D eigenvalue weighted by Crippen LogP contribution is -2.27. The summed E-state index contributed by atoms with van der Waals surface area (Å²) in [5.74, 6) is 0.324. The molecule has 0 aromatic carbocycles. The van der Waals surface area contributed by atoms with Gasteiger partial charge in [-0.25, -0.2) is 0 Å². The lowest BCUT2D eigenvalue weighted by molar-refractivity contribution is 0.0762. The number of hydrogen-bond donors (Lipinski definition) is 0. The second kappa shape index (κ2) is 5.27. The Balaban J connectivity index is 2.41. The Bertz CT molecular complexity index is 290. The van der Waals surface area contributed by atoms with Crippen molar-refractivity contribution in [2.75, 3.05) is 13.6 Å². The van der Waals surface area contributed by atoms with Gasteiger partial charge in [-0.15, -0.1) is 6.58 Å². The van der Waals surface area contributed by atoms with Gasteiger partial charge in [-0.3, -0.25) is 4.79 Å². The number of allylic oxidation sites excluding steroid dienone is 1. The minimum absolute atomic E-state index is 0.0703. The van der Waals surface area contributed by atoms with Crippen LogP contribution in [0.25, 0.3) is 0 Å². The van der Waals surface area contributed by atoms with Gasteiger partial charge in [0.1, 0.15) is 0 Å². The van der Waals surface area contributed by atoms with Gasteiger partial charge in [-0.2, -0.15) is 0 Å². The van der Waals surface area contributed by atoms with Gasteiger partial charge in [-0.05, 0) is 25.0 Å².